The van der Waals surface area contributed by atoms with E-state index in [1.165, 1.54) is 115 Å². The second-order valence-electron chi connectivity index (χ2n) is 15.6. The van der Waals surface area contributed by atoms with Crippen molar-refractivity contribution in [2.45, 2.75) is 5.41 Å². The molecule has 1 atom stereocenters. The highest BCUT2D eigenvalue weighted by Crippen LogP contribution is 2.64. The van der Waals surface area contributed by atoms with Gasteiger partial charge in [-0.3, -0.25) is 0 Å². The molecule has 1 spiro atoms. The molecule has 1 unspecified atom stereocenters. The molecule has 0 saturated heterocycles. The zero-order valence-corrected chi connectivity index (χ0v) is 30.5. The first-order chi connectivity index (χ1) is 27.8. The van der Waals surface area contributed by atoms with E-state index in [9.17, 15) is 0 Å². The number of aromatic nitrogens is 1. The summed E-state index contributed by atoms with van der Waals surface area (Å²) in [5.74, 6) is 0. The lowest BCUT2D eigenvalue weighted by atomic mass is 9.70. The van der Waals surface area contributed by atoms with Crippen LogP contribution < -0.4 is 0 Å². The van der Waals surface area contributed by atoms with Gasteiger partial charge in [0.2, 0.25) is 0 Å². The molecule has 1 nitrogen and oxygen atoms in total. The standard InChI is InChI=1S/C55H33N/c1-3-15-39-37(13-1)38-14-2-4-16-40(38)47-33-52-48(32-46(39)47)42-18-6-10-22-50(42)55(52)49-21-9-5-17-41(49)43-30-27-35(31-51(43)55)34-25-28-36(29-26-34)56-53-23-11-7-19-44(53)45-20-8-12-24-54(45)56/h1-33H. The van der Waals surface area contributed by atoms with Crippen LogP contribution in [0, 0.1) is 0 Å². The summed E-state index contributed by atoms with van der Waals surface area (Å²) < 4.78 is 2.40. The van der Waals surface area contributed by atoms with Crippen molar-refractivity contribution in [3.63, 3.8) is 0 Å². The fourth-order valence-electron chi connectivity index (χ4n) is 10.7. The van der Waals surface area contributed by atoms with Gasteiger partial charge in [0.25, 0.3) is 0 Å². The van der Waals surface area contributed by atoms with E-state index in [2.05, 4.69) is 205 Å². The molecule has 258 valence electrons. The summed E-state index contributed by atoms with van der Waals surface area (Å²) >= 11 is 0. The van der Waals surface area contributed by atoms with Crippen molar-refractivity contribution < 1.29 is 0 Å². The second-order valence-corrected chi connectivity index (χ2v) is 15.6. The van der Waals surface area contributed by atoms with Crippen molar-refractivity contribution in [3.05, 3.63) is 222 Å². The third kappa shape index (κ3) is 3.75. The lowest BCUT2D eigenvalue weighted by molar-refractivity contribution is 0.795. The predicted molar refractivity (Wildman–Crippen MR) is 235 cm³/mol. The highest BCUT2D eigenvalue weighted by atomic mass is 15.0. The van der Waals surface area contributed by atoms with Gasteiger partial charge in [-0.2, -0.15) is 0 Å². The summed E-state index contributed by atoms with van der Waals surface area (Å²) in [6, 6.07) is 75.1. The lowest BCUT2D eigenvalue weighted by Gasteiger charge is -2.31. The summed E-state index contributed by atoms with van der Waals surface area (Å²) in [7, 11) is 0. The number of para-hydroxylation sites is 2. The van der Waals surface area contributed by atoms with E-state index in [-0.39, 0.29) is 0 Å². The van der Waals surface area contributed by atoms with Crippen molar-refractivity contribution in [3.8, 4) is 39.1 Å². The van der Waals surface area contributed by atoms with E-state index in [1.807, 2.05) is 0 Å². The highest BCUT2D eigenvalue weighted by Gasteiger charge is 2.51. The molecule has 56 heavy (non-hydrogen) atoms. The third-order valence-electron chi connectivity index (χ3n) is 13.0. The van der Waals surface area contributed by atoms with E-state index in [1.54, 1.807) is 0 Å². The SMILES string of the molecule is c1ccc2c(c1)-c1ccc(-c3ccc(-n4c5ccccc5c5ccccc54)cc3)cc1C21c2ccccc2-c2cc3c4ccccc4c4ccccc4c3cc21. The largest absolute Gasteiger partial charge is 0.309 e. The molecule has 0 radical (unpaired) electrons. The quantitative estimate of drug-likeness (QED) is 0.158. The van der Waals surface area contributed by atoms with Crippen molar-refractivity contribution in [1.82, 2.24) is 4.57 Å². The minimum atomic E-state index is -0.447. The van der Waals surface area contributed by atoms with Crippen LogP contribution in [0.4, 0.5) is 0 Å². The van der Waals surface area contributed by atoms with Gasteiger partial charge in [0, 0.05) is 16.5 Å². The van der Waals surface area contributed by atoms with E-state index < -0.39 is 5.41 Å². The minimum absolute atomic E-state index is 0.447. The Labute approximate surface area is 324 Å². The minimum Gasteiger partial charge on any atom is -0.309 e. The third-order valence-corrected chi connectivity index (χ3v) is 13.0. The smallest absolute Gasteiger partial charge is 0.0725 e. The Hall–Kier alpha value is -7.22. The van der Waals surface area contributed by atoms with Crippen molar-refractivity contribution in [2.75, 3.05) is 0 Å². The van der Waals surface area contributed by atoms with Crippen LogP contribution in [-0.2, 0) is 5.41 Å². The van der Waals surface area contributed by atoms with Crippen LogP contribution in [-0.4, -0.2) is 4.57 Å². The zero-order chi connectivity index (χ0) is 36.5. The van der Waals surface area contributed by atoms with E-state index >= 15 is 0 Å². The molecule has 0 amide bonds. The second kappa shape index (κ2) is 10.9. The maximum absolute atomic E-state index is 2.55. The van der Waals surface area contributed by atoms with Crippen LogP contribution in [0.1, 0.15) is 22.3 Å². The average Bonchev–Trinajstić information content (AvgIpc) is 3.87. The molecule has 13 rings (SSSR count). The van der Waals surface area contributed by atoms with Crippen LogP contribution in [0.5, 0.6) is 0 Å². The van der Waals surface area contributed by atoms with Gasteiger partial charge >= 0.3 is 0 Å². The Balaban J connectivity index is 1.06. The number of hydrogen-bond donors (Lipinski definition) is 0. The van der Waals surface area contributed by atoms with Crippen LogP contribution in [0.2, 0.25) is 0 Å². The number of benzene rings is 10. The van der Waals surface area contributed by atoms with Crippen LogP contribution >= 0.6 is 0 Å². The first-order valence-corrected chi connectivity index (χ1v) is 19.6. The molecule has 11 aromatic rings. The van der Waals surface area contributed by atoms with Gasteiger partial charge in [-0.1, -0.05) is 158 Å². The van der Waals surface area contributed by atoms with E-state index in [4.69, 9.17) is 0 Å². The number of nitrogens with zero attached hydrogens (tertiary/aromatic N) is 1. The van der Waals surface area contributed by atoms with Crippen molar-refractivity contribution in [1.29, 1.82) is 0 Å². The molecule has 0 saturated carbocycles. The lowest BCUT2D eigenvalue weighted by Crippen LogP contribution is -2.25. The van der Waals surface area contributed by atoms with E-state index in [0.29, 0.717) is 0 Å². The Morgan fingerprint density at radius 1 is 0.268 bits per heavy atom. The number of rotatable bonds is 2. The van der Waals surface area contributed by atoms with E-state index in [0.717, 1.165) is 0 Å². The summed E-state index contributed by atoms with van der Waals surface area (Å²) in [5, 5.41) is 10.4. The highest BCUT2D eigenvalue weighted by molar-refractivity contribution is 6.26. The molecular formula is C55H33N. The van der Waals surface area contributed by atoms with Crippen LogP contribution in [0.3, 0.4) is 0 Å². The van der Waals surface area contributed by atoms with Crippen molar-refractivity contribution >= 4 is 54.1 Å². The topological polar surface area (TPSA) is 4.93 Å². The summed E-state index contributed by atoms with van der Waals surface area (Å²) in [4.78, 5) is 0. The fourth-order valence-corrected chi connectivity index (χ4v) is 10.7. The first-order valence-electron chi connectivity index (χ1n) is 19.6. The Kier molecular flexibility index (Phi) is 5.89. The molecule has 1 aromatic heterocycles. The molecule has 0 N–H and O–H groups in total. The molecule has 0 bridgehead atoms. The van der Waals surface area contributed by atoms with Gasteiger partial charge in [-0.05, 0) is 130 Å². The maximum Gasteiger partial charge on any atom is 0.0725 e. The summed E-state index contributed by atoms with van der Waals surface area (Å²) in [6.07, 6.45) is 0. The van der Waals surface area contributed by atoms with Gasteiger partial charge in [-0.25, -0.2) is 0 Å². The van der Waals surface area contributed by atoms with Crippen LogP contribution in [0.25, 0.3) is 93.2 Å². The predicted octanol–water partition coefficient (Wildman–Crippen LogP) is 14.3. The van der Waals surface area contributed by atoms with Gasteiger partial charge in [-0.15, -0.1) is 0 Å². The molecule has 1 heterocycles. The fraction of sp³-hybridized carbons (Fsp3) is 0.0182. The maximum atomic E-state index is 2.55. The Morgan fingerprint density at radius 3 is 1.30 bits per heavy atom. The summed E-state index contributed by atoms with van der Waals surface area (Å²) in [6.45, 7) is 0. The average molecular weight is 708 g/mol. The van der Waals surface area contributed by atoms with Gasteiger partial charge < -0.3 is 4.57 Å². The normalized spacial score (nSPS) is 15.2. The Morgan fingerprint density at radius 2 is 0.696 bits per heavy atom. The molecule has 0 fully saturated rings. The zero-order valence-electron chi connectivity index (χ0n) is 30.5. The van der Waals surface area contributed by atoms with Crippen LogP contribution in [0.15, 0.2) is 200 Å². The molecule has 2 aliphatic rings. The summed E-state index contributed by atoms with van der Waals surface area (Å²) in [5.41, 5.74) is 16.4. The van der Waals surface area contributed by atoms with Crippen molar-refractivity contribution in [2.24, 2.45) is 0 Å². The van der Waals surface area contributed by atoms with Gasteiger partial charge in [0.1, 0.15) is 0 Å². The number of fused-ring (bicyclic) bond motifs is 19. The molecular weight excluding hydrogens is 675 g/mol. The number of hydrogen-bond acceptors (Lipinski definition) is 0. The van der Waals surface area contributed by atoms with Gasteiger partial charge in [0.15, 0.2) is 0 Å². The van der Waals surface area contributed by atoms with Gasteiger partial charge in [0.05, 0.1) is 16.4 Å². The first kappa shape index (κ1) is 30.1. The molecule has 0 aliphatic heterocycles. The molecule has 2 aliphatic carbocycles. The molecule has 1 heteroatoms. The monoisotopic (exact) mass is 707 g/mol. The Bertz CT molecular complexity index is 3420. The molecule has 10 aromatic carbocycles.